The van der Waals surface area contributed by atoms with Gasteiger partial charge in [-0.2, -0.15) is 0 Å². The Bertz CT molecular complexity index is 451. The lowest BCUT2D eigenvalue weighted by atomic mass is 10.5. The van der Waals surface area contributed by atoms with E-state index in [0.29, 0.717) is 5.13 Å². The van der Waals surface area contributed by atoms with E-state index in [1.807, 2.05) is 0 Å². The van der Waals surface area contributed by atoms with Crippen LogP contribution in [0.25, 0.3) is 6.08 Å². The van der Waals surface area contributed by atoms with Gasteiger partial charge in [0.05, 0.1) is 6.61 Å². The Morgan fingerprint density at radius 2 is 2.35 bits per heavy atom. The van der Waals surface area contributed by atoms with Gasteiger partial charge >= 0.3 is 5.97 Å². The molecule has 0 saturated carbocycles. The van der Waals surface area contributed by atoms with Crippen LogP contribution in [-0.2, 0) is 14.3 Å². The lowest BCUT2D eigenvalue weighted by Crippen LogP contribution is -2.09. The summed E-state index contributed by atoms with van der Waals surface area (Å²) in [6, 6.07) is 0. The van der Waals surface area contributed by atoms with Gasteiger partial charge in [-0.1, -0.05) is 24.0 Å². The van der Waals surface area contributed by atoms with Gasteiger partial charge in [-0.05, 0) is 6.92 Å². The fourth-order valence-corrected chi connectivity index (χ4v) is 1.59. The molecule has 17 heavy (non-hydrogen) atoms. The predicted molar refractivity (Wildman–Crippen MR) is 66.6 cm³/mol. The molecule has 0 saturated heterocycles. The lowest BCUT2D eigenvalue weighted by molar-refractivity contribution is -0.137. The molecule has 1 aromatic rings. The molecule has 0 atom stereocenters. The molecule has 5 nitrogen and oxygen atoms in total. The molecule has 1 heterocycles. The van der Waals surface area contributed by atoms with Crippen LogP contribution in [0.1, 0.15) is 11.8 Å². The predicted octanol–water partition coefficient (Wildman–Crippen LogP) is 1.84. The average molecular weight is 252 g/mol. The van der Waals surface area contributed by atoms with E-state index in [9.17, 15) is 9.59 Å². The first-order valence-electron chi connectivity index (χ1n) is 4.89. The van der Waals surface area contributed by atoms with Gasteiger partial charge in [0.25, 0.3) is 0 Å². The quantitative estimate of drug-likeness (QED) is 0.641. The number of rotatable bonds is 5. The van der Waals surface area contributed by atoms with E-state index in [0.717, 1.165) is 17.0 Å². The molecule has 1 amide bonds. The van der Waals surface area contributed by atoms with Crippen molar-refractivity contribution >= 4 is 34.4 Å². The molecule has 0 bridgehead atoms. The number of nitrogens with zero attached hydrogens (tertiary/aromatic N) is 1. The second kappa shape index (κ2) is 6.59. The third-order valence-corrected chi connectivity index (χ3v) is 2.52. The Morgan fingerprint density at radius 1 is 1.59 bits per heavy atom. The maximum absolute atomic E-state index is 11.4. The van der Waals surface area contributed by atoms with Gasteiger partial charge in [0, 0.05) is 23.2 Å². The van der Waals surface area contributed by atoms with E-state index in [-0.39, 0.29) is 6.61 Å². The summed E-state index contributed by atoms with van der Waals surface area (Å²) in [6.45, 7) is 5.56. The molecule has 0 spiro atoms. The zero-order valence-corrected chi connectivity index (χ0v) is 10.1. The van der Waals surface area contributed by atoms with Crippen LogP contribution >= 0.6 is 11.3 Å². The number of hydrogen-bond donors (Lipinski definition) is 1. The molecular weight excluding hydrogens is 240 g/mol. The maximum Gasteiger partial charge on any atom is 0.330 e. The number of thiazole rings is 1. The van der Waals surface area contributed by atoms with Crippen LogP contribution in [0.4, 0.5) is 5.13 Å². The first kappa shape index (κ1) is 13.1. The van der Waals surface area contributed by atoms with Gasteiger partial charge in [0.15, 0.2) is 5.13 Å². The van der Waals surface area contributed by atoms with E-state index in [4.69, 9.17) is 0 Å². The summed E-state index contributed by atoms with van der Waals surface area (Å²) < 4.78 is 4.63. The molecule has 0 aliphatic carbocycles. The molecule has 0 aromatic carbocycles. The highest BCUT2D eigenvalue weighted by molar-refractivity contribution is 7.16. The number of anilines is 1. The van der Waals surface area contributed by atoms with Crippen LogP contribution in [0.3, 0.4) is 0 Å². The molecule has 0 aliphatic rings. The van der Waals surface area contributed by atoms with Crippen molar-refractivity contribution in [3.8, 4) is 0 Å². The number of amides is 1. The number of aromatic nitrogens is 1. The average Bonchev–Trinajstić information content (AvgIpc) is 2.74. The third kappa shape index (κ3) is 4.60. The highest BCUT2D eigenvalue weighted by atomic mass is 32.1. The van der Waals surface area contributed by atoms with E-state index < -0.39 is 11.9 Å². The number of nitrogens with one attached hydrogen (secondary N) is 1. The number of ether oxygens (including phenoxy) is 1. The Balaban J connectivity index is 2.49. The Labute approximate surface area is 103 Å². The molecule has 90 valence electrons. The summed E-state index contributed by atoms with van der Waals surface area (Å²) in [7, 11) is 0. The number of hydrogen-bond acceptors (Lipinski definition) is 5. The fraction of sp³-hybridized carbons (Fsp3) is 0.182. The normalized spacial score (nSPS) is 10.2. The fourth-order valence-electron chi connectivity index (χ4n) is 0.920. The monoisotopic (exact) mass is 252 g/mol. The van der Waals surface area contributed by atoms with Crippen LogP contribution in [0.15, 0.2) is 24.9 Å². The standard InChI is InChI=1S/C11H12N2O3S/c1-3-8-7-12-11(17-8)13-9(14)5-6-10(15)16-4-2/h3,5-7H,1,4H2,2H3,(H,12,13,14)/b6-5+. The largest absolute Gasteiger partial charge is 0.463 e. The summed E-state index contributed by atoms with van der Waals surface area (Å²) in [6.07, 6.45) is 5.41. The molecule has 1 rings (SSSR count). The van der Waals surface area contributed by atoms with E-state index in [1.165, 1.54) is 11.3 Å². The zero-order valence-electron chi connectivity index (χ0n) is 9.30. The Morgan fingerprint density at radius 3 is 2.94 bits per heavy atom. The summed E-state index contributed by atoms with van der Waals surface area (Å²) in [5, 5.41) is 2.98. The Hall–Kier alpha value is -1.95. The number of carbonyl (C=O) groups excluding carboxylic acids is 2. The minimum absolute atomic E-state index is 0.278. The topological polar surface area (TPSA) is 68.3 Å². The second-order valence-corrected chi connectivity index (χ2v) is 3.91. The molecular formula is C11H12N2O3S. The molecule has 1 aromatic heterocycles. The number of carbonyl (C=O) groups is 2. The molecule has 1 N–H and O–H groups in total. The highest BCUT2D eigenvalue weighted by Crippen LogP contribution is 2.18. The van der Waals surface area contributed by atoms with Gasteiger partial charge in [-0.25, -0.2) is 9.78 Å². The van der Waals surface area contributed by atoms with Gasteiger partial charge in [-0.15, -0.1) is 0 Å². The van der Waals surface area contributed by atoms with Gasteiger partial charge in [0.1, 0.15) is 0 Å². The first-order chi connectivity index (χ1) is 8.15. The number of esters is 1. The van der Waals surface area contributed by atoms with Crippen LogP contribution in [-0.4, -0.2) is 23.5 Å². The van der Waals surface area contributed by atoms with E-state index in [1.54, 1.807) is 19.2 Å². The maximum atomic E-state index is 11.4. The van der Waals surface area contributed by atoms with Gasteiger partial charge in [-0.3, -0.25) is 10.1 Å². The van der Waals surface area contributed by atoms with Crippen molar-refractivity contribution in [3.05, 3.63) is 29.8 Å². The summed E-state index contributed by atoms with van der Waals surface area (Å²) >= 11 is 1.29. The van der Waals surface area contributed by atoms with Crippen LogP contribution in [0.2, 0.25) is 0 Å². The van der Waals surface area contributed by atoms with E-state index >= 15 is 0 Å². The van der Waals surface area contributed by atoms with Crippen molar-refractivity contribution in [1.29, 1.82) is 0 Å². The van der Waals surface area contributed by atoms with Crippen molar-refractivity contribution in [2.75, 3.05) is 11.9 Å². The van der Waals surface area contributed by atoms with Crippen molar-refractivity contribution < 1.29 is 14.3 Å². The molecule has 0 aliphatic heterocycles. The minimum atomic E-state index is -0.548. The summed E-state index contributed by atoms with van der Waals surface area (Å²) in [5.41, 5.74) is 0. The van der Waals surface area contributed by atoms with Gasteiger partial charge < -0.3 is 4.74 Å². The van der Waals surface area contributed by atoms with Crippen molar-refractivity contribution in [2.45, 2.75) is 6.92 Å². The van der Waals surface area contributed by atoms with Crippen LogP contribution in [0.5, 0.6) is 0 Å². The SMILES string of the molecule is C=Cc1cnc(NC(=O)/C=C/C(=O)OCC)s1. The van der Waals surface area contributed by atoms with Crippen LogP contribution < -0.4 is 5.32 Å². The minimum Gasteiger partial charge on any atom is -0.463 e. The van der Waals surface area contributed by atoms with Crippen LogP contribution in [0, 0.1) is 0 Å². The third-order valence-electron chi connectivity index (χ3n) is 1.61. The van der Waals surface area contributed by atoms with Gasteiger partial charge in [0.2, 0.25) is 5.91 Å². The lowest BCUT2D eigenvalue weighted by Gasteiger charge is -1.96. The smallest absolute Gasteiger partial charge is 0.330 e. The van der Waals surface area contributed by atoms with Crippen molar-refractivity contribution in [3.63, 3.8) is 0 Å². The molecule has 0 fully saturated rings. The zero-order chi connectivity index (χ0) is 12.7. The van der Waals surface area contributed by atoms with E-state index in [2.05, 4.69) is 21.6 Å². The molecule has 0 unspecified atom stereocenters. The summed E-state index contributed by atoms with van der Waals surface area (Å²) in [4.78, 5) is 27.1. The molecule has 6 heteroatoms. The first-order valence-corrected chi connectivity index (χ1v) is 5.71. The summed E-state index contributed by atoms with van der Waals surface area (Å²) in [5.74, 6) is -0.975. The second-order valence-electron chi connectivity index (χ2n) is 2.85. The Kier molecular flexibility index (Phi) is 5.09. The molecule has 0 radical (unpaired) electrons. The van der Waals surface area contributed by atoms with Crippen molar-refractivity contribution in [1.82, 2.24) is 4.98 Å². The highest BCUT2D eigenvalue weighted by Gasteiger charge is 2.03. The van der Waals surface area contributed by atoms with Crippen molar-refractivity contribution in [2.24, 2.45) is 0 Å².